The first kappa shape index (κ1) is 18.1. The standard InChI is InChI=1S/C19H25ClN2O3/c1-3-25-18-11-15(16(20)12-17(18)23-2)19-21-7-9-22(19)8-6-14-5-4-10-24-13-14/h7,9,11-12,14H,3-6,8,10,13H2,1-2H3. The van der Waals surface area contributed by atoms with Gasteiger partial charge in [0.2, 0.25) is 0 Å². The van der Waals surface area contributed by atoms with Crippen molar-refractivity contribution in [3.8, 4) is 22.9 Å². The molecule has 1 aliphatic heterocycles. The van der Waals surface area contributed by atoms with Crippen LogP contribution in [0.2, 0.25) is 5.02 Å². The van der Waals surface area contributed by atoms with Crippen molar-refractivity contribution in [2.75, 3.05) is 26.9 Å². The number of aryl methyl sites for hydroxylation is 1. The molecule has 0 spiro atoms. The summed E-state index contributed by atoms with van der Waals surface area (Å²) in [6, 6.07) is 3.70. The summed E-state index contributed by atoms with van der Waals surface area (Å²) in [5.74, 6) is 2.78. The number of hydrogen-bond donors (Lipinski definition) is 0. The van der Waals surface area contributed by atoms with Crippen LogP contribution in [-0.2, 0) is 11.3 Å². The number of nitrogens with zero attached hydrogens (tertiary/aromatic N) is 2. The number of aromatic nitrogens is 2. The molecule has 0 radical (unpaired) electrons. The van der Waals surface area contributed by atoms with E-state index in [1.807, 2.05) is 25.4 Å². The summed E-state index contributed by atoms with van der Waals surface area (Å²) in [7, 11) is 1.61. The van der Waals surface area contributed by atoms with Crippen LogP contribution in [0.4, 0.5) is 0 Å². The van der Waals surface area contributed by atoms with Gasteiger partial charge >= 0.3 is 0 Å². The highest BCUT2D eigenvalue weighted by Gasteiger charge is 2.18. The fraction of sp³-hybridized carbons (Fsp3) is 0.526. The van der Waals surface area contributed by atoms with Crippen LogP contribution >= 0.6 is 11.6 Å². The number of hydrogen-bond acceptors (Lipinski definition) is 4. The molecular weight excluding hydrogens is 340 g/mol. The number of ether oxygens (including phenoxy) is 3. The molecule has 0 bridgehead atoms. The topological polar surface area (TPSA) is 45.5 Å². The Bertz CT molecular complexity index is 696. The minimum absolute atomic E-state index is 0.563. The monoisotopic (exact) mass is 364 g/mol. The summed E-state index contributed by atoms with van der Waals surface area (Å²) in [6.07, 6.45) is 7.29. The molecular formula is C19H25ClN2O3. The van der Waals surface area contributed by atoms with E-state index in [0.717, 1.165) is 44.0 Å². The molecule has 0 aliphatic carbocycles. The van der Waals surface area contributed by atoms with E-state index in [-0.39, 0.29) is 0 Å². The van der Waals surface area contributed by atoms with Crippen LogP contribution in [-0.4, -0.2) is 36.5 Å². The van der Waals surface area contributed by atoms with Gasteiger partial charge in [-0.15, -0.1) is 0 Å². The molecule has 1 aromatic heterocycles. The van der Waals surface area contributed by atoms with Gasteiger partial charge in [0.15, 0.2) is 11.5 Å². The van der Waals surface area contributed by atoms with Crippen molar-refractivity contribution >= 4 is 11.6 Å². The molecule has 0 amide bonds. The average molecular weight is 365 g/mol. The highest BCUT2D eigenvalue weighted by molar-refractivity contribution is 6.33. The molecule has 136 valence electrons. The van der Waals surface area contributed by atoms with Crippen molar-refractivity contribution in [1.29, 1.82) is 0 Å². The van der Waals surface area contributed by atoms with E-state index in [1.54, 1.807) is 13.2 Å². The summed E-state index contributed by atoms with van der Waals surface area (Å²) < 4.78 is 18.8. The van der Waals surface area contributed by atoms with Crippen LogP contribution in [0.3, 0.4) is 0 Å². The Morgan fingerprint density at radius 2 is 2.24 bits per heavy atom. The predicted octanol–water partition coefficient (Wildman–Crippen LogP) is 4.43. The third-order valence-electron chi connectivity index (χ3n) is 4.54. The summed E-state index contributed by atoms with van der Waals surface area (Å²) in [6.45, 7) is 5.17. The molecule has 0 N–H and O–H groups in total. The van der Waals surface area contributed by atoms with Gasteiger partial charge in [0.25, 0.3) is 0 Å². The zero-order chi connectivity index (χ0) is 17.6. The summed E-state index contributed by atoms with van der Waals surface area (Å²) in [5, 5.41) is 0.605. The molecule has 6 heteroatoms. The number of imidazole rings is 1. The summed E-state index contributed by atoms with van der Waals surface area (Å²) in [5.41, 5.74) is 0.857. The van der Waals surface area contributed by atoms with Crippen molar-refractivity contribution in [2.45, 2.75) is 32.7 Å². The van der Waals surface area contributed by atoms with Crippen molar-refractivity contribution in [2.24, 2.45) is 5.92 Å². The Kier molecular flexibility index (Phi) is 6.21. The third kappa shape index (κ3) is 4.28. The molecule has 1 aliphatic rings. The van der Waals surface area contributed by atoms with Crippen LogP contribution in [0.15, 0.2) is 24.5 Å². The molecule has 2 heterocycles. The van der Waals surface area contributed by atoms with Gasteiger partial charge in [-0.1, -0.05) is 11.6 Å². The average Bonchev–Trinajstić information content (AvgIpc) is 3.10. The Balaban J connectivity index is 1.82. The maximum atomic E-state index is 6.48. The van der Waals surface area contributed by atoms with E-state index in [9.17, 15) is 0 Å². The first-order valence-electron chi connectivity index (χ1n) is 8.82. The number of halogens is 1. The van der Waals surface area contributed by atoms with E-state index >= 15 is 0 Å². The van der Waals surface area contributed by atoms with E-state index in [4.69, 9.17) is 25.8 Å². The maximum absolute atomic E-state index is 6.48. The van der Waals surface area contributed by atoms with E-state index in [2.05, 4.69) is 9.55 Å². The molecule has 1 fully saturated rings. The third-order valence-corrected chi connectivity index (χ3v) is 4.86. The maximum Gasteiger partial charge on any atom is 0.162 e. The number of benzene rings is 1. The van der Waals surface area contributed by atoms with Gasteiger partial charge < -0.3 is 18.8 Å². The van der Waals surface area contributed by atoms with Gasteiger partial charge in [-0.3, -0.25) is 0 Å². The smallest absolute Gasteiger partial charge is 0.162 e. The van der Waals surface area contributed by atoms with Crippen LogP contribution in [0, 0.1) is 5.92 Å². The van der Waals surface area contributed by atoms with Crippen LogP contribution in [0.1, 0.15) is 26.2 Å². The van der Waals surface area contributed by atoms with E-state index < -0.39 is 0 Å². The van der Waals surface area contributed by atoms with Crippen molar-refractivity contribution in [1.82, 2.24) is 9.55 Å². The quantitative estimate of drug-likeness (QED) is 0.729. The van der Waals surface area contributed by atoms with Crippen molar-refractivity contribution in [3.63, 3.8) is 0 Å². The Labute approximate surface area is 153 Å². The fourth-order valence-electron chi connectivity index (χ4n) is 3.22. The molecule has 25 heavy (non-hydrogen) atoms. The highest BCUT2D eigenvalue weighted by atomic mass is 35.5. The van der Waals surface area contributed by atoms with Gasteiger partial charge in [0, 0.05) is 43.8 Å². The minimum atomic E-state index is 0.563. The lowest BCUT2D eigenvalue weighted by molar-refractivity contribution is 0.0501. The molecule has 3 rings (SSSR count). The van der Waals surface area contributed by atoms with Crippen LogP contribution in [0.25, 0.3) is 11.4 Å². The Morgan fingerprint density at radius 3 is 2.96 bits per heavy atom. The second kappa shape index (κ2) is 8.59. The second-order valence-corrected chi connectivity index (χ2v) is 6.64. The first-order chi connectivity index (χ1) is 12.2. The van der Waals surface area contributed by atoms with Crippen molar-refractivity contribution in [3.05, 3.63) is 29.5 Å². The highest BCUT2D eigenvalue weighted by Crippen LogP contribution is 2.38. The lowest BCUT2D eigenvalue weighted by atomic mass is 9.98. The van der Waals surface area contributed by atoms with Gasteiger partial charge in [-0.05, 0) is 38.2 Å². The number of rotatable bonds is 7. The molecule has 2 aromatic rings. The van der Waals surface area contributed by atoms with Crippen LogP contribution in [0.5, 0.6) is 11.5 Å². The Hall–Kier alpha value is -1.72. The SMILES string of the molecule is CCOc1cc(-c2nccn2CCC2CCCOC2)c(Cl)cc1OC. The lowest BCUT2D eigenvalue weighted by Gasteiger charge is -2.22. The number of methoxy groups -OCH3 is 1. The molecule has 0 saturated carbocycles. The van der Waals surface area contributed by atoms with Gasteiger partial charge in [0.1, 0.15) is 5.82 Å². The summed E-state index contributed by atoms with van der Waals surface area (Å²) >= 11 is 6.48. The van der Waals surface area contributed by atoms with Gasteiger partial charge in [0.05, 0.1) is 18.7 Å². The van der Waals surface area contributed by atoms with Crippen LogP contribution < -0.4 is 9.47 Å². The largest absolute Gasteiger partial charge is 0.493 e. The Morgan fingerprint density at radius 1 is 1.36 bits per heavy atom. The predicted molar refractivity (Wildman–Crippen MR) is 98.6 cm³/mol. The van der Waals surface area contributed by atoms with Gasteiger partial charge in [-0.25, -0.2) is 4.98 Å². The van der Waals surface area contributed by atoms with E-state index in [1.165, 1.54) is 6.42 Å². The first-order valence-corrected chi connectivity index (χ1v) is 9.20. The molecule has 1 atom stereocenters. The zero-order valence-electron chi connectivity index (χ0n) is 14.8. The zero-order valence-corrected chi connectivity index (χ0v) is 15.6. The van der Waals surface area contributed by atoms with Gasteiger partial charge in [-0.2, -0.15) is 0 Å². The summed E-state index contributed by atoms with van der Waals surface area (Å²) in [4.78, 5) is 4.52. The fourth-order valence-corrected chi connectivity index (χ4v) is 3.46. The second-order valence-electron chi connectivity index (χ2n) is 6.23. The normalized spacial score (nSPS) is 17.5. The molecule has 1 aromatic carbocycles. The lowest BCUT2D eigenvalue weighted by Crippen LogP contribution is -2.19. The van der Waals surface area contributed by atoms with Crippen molar-refractivity contribution < 1.29 is 14.2 Å². The minimum Gasteiger partial charge on any atom is -0.493 e. The molecule has 1 unspecified atom stereocenters. The molecule has 5 nitrogen and oxygen atoms in total. The molecule has 1 saturated heterocycles. The van der Waals surface area contributed by atoms with E-state index in [0.29, 0.717) is 29.0 Å².